The van der Waals surface area contributed by atoms with Gasteiger partial charge in [-0.2, -0.15) is 0 Å². The number of halogens is 1. The van der Waals surface area contributed by atoms with Gasteiger partial charge in [0.15, 0.2) is 0 Å². The highest BCUT2D eigenvalue weighted by atomic mass is 32.1. The molecule has 0 unspecified atom stereocenters. The van der Waals surface area contributed by atoms with E-state index in [9.17, 15) is 19.1 Å². The molecule has 3 N–H and O–H groups in total. The molecule has 3 heterocycles. The van der Waals surface area contributed by atoms with Crippen molar-refractivity contribution in [2.75, 3.05) is 32.1 Å². The molecule has 2 aromatic heterocycles. The number of anilines is 1. The number of amides is 2. The largest absolute Gasteiger partial charge is 0.508 e. The summed E-state index contributed by atoms with van der Waals surface area (Å²) in [7, 11) is 3.76. The number of phenols is 1. The Kier molecular flexibility index (Phi) is 10.8. The van der Waals surface area contributed by atoms with Crippen LogP contribution in [0.3, 0.4) is 0 Å². The van der Waals surface area contributed by atoms with E-state index < -0.39 is 11.7 Å². The van der Waals surface area contributed by atoms with Gasteiger partial charge in [0.2, 0.25) is 0 Å². The van der Waals surface area contributed by atoms with Gasteiger partial charge >= 0.3 is 0 Å². The number of aromatic hydroxyl groups is 1. The van der Waals surface area contributed by atoms with Crippen LogP contribution in [0.5, 0.6) is 5.75 Å². The fourth-order valence-corrected chi connectivity index (χ4v) is 7.05. The van der Waals surface area contributed by atoms with Crippen molar-refractivity contribution in [3.8, 4) is 5.75 Å². The normalized spacial score (nSPS) is 16.1. The van der Waals surface area contributed by atoms with Gasteiger partial charge in [0, 0.05) is 97.1 Å². The molecule has 4 aromatic rings. The number of rotatable bonds is 12. The maximum atomic E-state index is 14.5. The minimum absolute atomic E-state index is 0.0787. The van der Waals surface area contributed by atoms with E-state index in [1.165, 1.54) is 20.0 Å². The molecule has 2 aromatic carbocycles. The number of thiazole rings is 1. The van der Waals surface area contributed by atoms with Gasteiger partial charge in [0.25, 0.3) is 11.8 Å². The van der Waals surface area contributed by atoms with Crippen molar-refractivity contribution in [1.82, 2.24) is 25.5 Å². The molecular weight excluding hydrogens is 628 g/mol. The van der Waals surface area contributed by atoms with Crippen molar-refractivity contribution in [3.05, 3.63) is 105 Å². The Morgan fingerprint density at radius 3 is 2.58 bits per heavy atom. The Hall–Kier alpha value is -4.35. The van der Waals surface area contributed by atoms with Gasteiger partial charge in [-0.05, 0) is 76.4 Å². The number of carbonyl (C=O) groups excluding carboxylic acids is 2. The number of aromatic nitrogens is 2. The summed E-state index contributed by atoms with van der Waals surface area (Å²) in [6.45, 7) is 8.33. The first-order valence-corrected chi connectivity index (χ1v) is 17.2. The first-order valence-electron chi connectivity index (χ1n) is 16.3. The number of phenolic OH excluding ortho intramolecular Hbond substituents is 1. The lowest BCUT2D eigenvalue weighted by atomic mass is 9.91. The Balaban J connectivity index is 1.35. The second-order valence-electron chi connectivity index (χ2n) is 13.3. The topological polar surface area (TPSA) is 111 Å². The number of nitrogens with zero attached hydrogens (tertiary/aromatic N) is 4. The first-order chi connectivity index (χ1) is 22.8. The fourth-order valence-electron chi connectivity index (χ4n) is 6.11. The van der Waals surface area contributed by atoms with Gasteiger partial charge in [0.1, 0.15) is 16.4 Å². The molecule has 0 spiro atoms. The third-order valence-corrected chi connectivity index (χ3v) is 9.92. The molecule has 1 fully saturated rings. The van der Waals surface area contributed by atoms with Crippen LogP contribution in [-0.4, -0.2) is 65.0 Å². The van der Waals surface area contributed by atoms with Gasteiger partial charge < -0.3 is 25.5 Å². The second kappa shape index (κ2) is 14.8. The molecule has 254 valence electrons. The van der Waals surface area contributed by atoms with Gasteiger partial charge in [-0.15, -0.1) is 11.3 Å². The molecule has 0 bridgehead atoms. The minimum Gasteiger partial charge on any atom is -0.508 e. The van der Waals surface area contributed by atoms with E-state index in [0.717, 1.165) is 34.8 Å². The zero-order valence-corrected chi connectivity index (χ0v) is 29.3. The minimum atomic E-state index is -1.51. The number of nitrogens with one attached hydrogen (secondary N) is 2. The smallest absolute Gasteiger partial charge is 0.254 e. The monoisotopic (exact) mass is 672 g/mol. The number of aryl methyl sites for hydroxylation is 1. The van der Waals surface area contributed by atoms with Gasteiger partial charge in [-0.25, -0.2) is 9.37 Å². The predicted molar refractivity (Wildman–Crippen MR) is 188 cm³/mol. The molecule has 0 saturated carbocycles. The number of hydrogen-bond donors (Lipinski definition) is 3. The molecule has 2 amide bonds. The van der Waals surface area contributed by atoms with Crippen molar-refractivity contribution in [1.29, 1.82) is 0 Å². The van der Waals surface area contributed by atoms with Crippen molar-refractivity contribution < 1.29 is 19.1 Å². The lowest BCUT2D eigenvalue weighted by Crippen LogP contribution is -2.41. The SMILES string of the molecule is Cc1csc([C@H]2CCCN2C(=O)c2cc(C(=O)N[C@@H](C)[C@@H](CNCc3cncc(C(C)(C)F)c3)c3ccccc3O)cc(N(C)C)c2)n1. The standard InChI is InChI=1S/C37H45FN6O3S/c1-23-22-48-35(41-23)32-11-9-13-44(32)36(47)27-15-26(16-29(17-27)43(5)6)34(46)42-24(2)31(30-10-7-8-12-33(30)45)21-40-19-25-14-28(20-39-18-25)37(3,4)38/h7-8,10,12,14-18,20,22,24,31-32,40,45H,9,11,13,19,21H2,1-6H3,(H,42,46)/t24-,31+,32+/m0/s1. The molecule has 0 aliphatic carbocycles. The highest BCUT2D eigenvalue weighted by molar-refractivity contribution is 7.09. The highest BCUT2D eigenvalue weighted by Gasteiger charge is 2.33. The second-order valence-corrected chi connectivity index (χ2v) is 14.1. The van der Waals surface area contributed by atoms with Crippen LogP contribution in [-0.2, 0) is 12.2 Å². The molecule has 1 aliphatic rings. The molecule has 9 nitrogen and oxygen atoms in total. The first kappa shape index (κ1) is 35.0. The Morgan fingerprint density at radius 1 is 1.15 bits per heavy atom. The number of alkyl halides is 1. The van der Waals surface area contributed by atoms with E-state index >= 15 is 0 Å². The number of carbonyl (C=O) groups is 2. The number of benzene rings is 2. The average Bonchev–Trinajstić information content (AvgIpc) is 3.72. The van der Waals surface area contributed by atoms with E-state index in [1.54, 1.807) is 47.9 Å². The molecule has 1 saturated heterocycles. The summed E-state index contributed by atoms with van der Waals surface area (Å²) in [5.74, 6) is -0.626. The summed E-state index contributed by atoms with van der Waals surface area (Å²) in [5, 5.41) is 20.3. The highest BCUT2D eigenvalue weighted by Crippen LogP contribution is 2.35. The molecule has 3 atom stereocenters. The Morgan fingerprint density at radius 2 is 1.90 bits per heavy atom. The van der Waals surface area contributed by atoms with E-state index in [0.29, 0.717) is 41.9 Å². The van der Waals surface area contributed by atoms with Crippen molar-refractivity contribution in [2.24, 2.45) is 0 Å². The Labute approximate surface area is 286 Å². The third kappa shape index (κ3) is 8.19. The lowest BCUT2D eigenvalue weighted by molar-refractivity contribution is 0.0735. The molecule has 0 radical (unpaired) electrons. The maximum absolute atomic E-state index is 14.5. The summed E-state index contributed by atoms with van der Waals surface area (Å²) in [6.07, 6.45) is 4.97. The molecule has 5 rings (SSSR count). The third-order valence-electron chi connectivity index (χ3n) is 8.85. The van der Waals surface area contributed by atoms with Crippen LogP contribution in [0.4, 0.5) is 10.1 Å². The zero-order valence-electron chi connectivity index (χ0n) is 28.5. The zero-order chi connectivity index (χ0) is 34.6. The van der Waals surface area contributed by atoms with E-state index in [1.807, 2.05) is 61.3 Å². The maximum Gasteiger partial charge on any atom is 0.254 e. The van der Waals surface area contributed by atoms with E-state index in [4.69, 9.17) is 0 Å². The summed E-state index contributed by atoms with van der Waals surface area (Å²) < 4.78 is 14.5. The molecule has 48 heavy (non-hydrogen) atoms. The van der Waals surface area contributed by atoms with Gasteiger partial charge in [-0.3, -0.25) is 14.6 Å². The summed E-state index contributed by atoms with van der Waals surface area (Å²) in [6, 6.07) is 13.7. The van der Waals surface area contributed by atoms with Gasteiger partial charge in [0.05, 0.1) is 6.04 Å². The van der Waals surface area contributed by atoms with Crippen LogP contribution >= 0.6 is 11.3 Å². The predicted octanol–water partition coefficient (Wildman–Crippen LogP) is 6.49. The van der Waals surface area contributed by atoms with Crippen LogP contribution in [0.1, 0.15) is 93.7 Å². The summed E-state index contributed by atoms with van der Waals surface area (Å²) >= 11 is 1.58. The van der Waals surface area contributed by atoms with Crippen LogP contribution in [0.25, 0.3) is 0 Å². The number of pyridine rings is 1. The quantitative estimate of drug-likeness (QED) is 0.158. The number of para-hydroxylation sites is 1. The lowest BCUT2D eigenvalue weighted by Gasteiger charge is -2.27. The molecular formula is C37H45FN6O3S. The summed E-state index contributed by atoms with van der Waals surface area (Å²) in [5.41, 5.74) is 3.01. The number of likely N-dealkylation sites (tertiary alicyclic amines) is 1. The molecule has 11 heteroatoms. The Bertz CT molecular complexity index is 1750. The van der Waals surface area contributed by atoms with Crippen LogP contribution in [0, 0.1) is 6.92 Å². The fraction of sp³-hybridized carbons (Fsp3) is 0.405. The van der Waals surface area contributed by atoms with E-state index in [-0.39, 0.29) is 29.5 Å². The van der Waals surface area contributed by atoms with Crippen LogP contribution in [0.2, 0.25) is 0 Å². The van der Waals surface area contributed by atoms with Crippen LogP contribution < -0.4 is 15.5 Å². The van der Waals surface area contributed by atoms with Crippen molar-refractivity contribution in [2.45, 2.75) is 70.8 Å². The molecule has 1 aliphatic heterocycles. The van der Waals surface area contributed by atoms with Gasteiger partial charge in [-0.1, -0.05) is 18.2 Å². The van der Waals surface area contributed by atoms with Crippen molar-refractivity contribution in [3.63, 3.8) is 0 Å². The number of hydrogen-bond acceptors (Lipinski definition) is 8. The van der Waals surface area contributed by atoms with E-state index in [2.05, 4.69) is 20.6 Å². The average molecular weight is 673 g/mol. The summed E-state index contributed by atoms with van der Waals surface area (Å²) in [4.78, 5) is 40.4. The van der Waals surface area contributed by atoms with Crippen LogP contribution in [0.15, 0.2) is 66.3 Å². The van der Waals surface area contributed by atoms with Crippen molar-refractivity contribution >= 4 is 28.8 Å².